The SMILES string of the molecule is Cc1nnnn1/C(=C\c1ccccc1)C(=O)OCC(=O)NC(c1ccccc1)c1nccn1C. The van der Waals surface area contributed by atoms with Crippen molar-refractivity contribution >= 4 is 23.6 Å². The number of hydrogen-bond donors (Lipinski definition) is 1. The Bertz CT molecular complexity index is 1300. The van der Waals surface area contributed by atoms with Crippen LogP contribution in [0.25, 0.3) is 11.8 Å². The van der Waals surface area contributed by atoms with Crippen LogP contribution < -0.4 is 5.32 Å². The highest BCUT2D eigenvalue weighted by Gasteiger charge is 2.23. The van der Waals surface area contributed by atoms with Crippen LogP contribution in [-0.4, -0.2) is 48.2 Å². The molecule has 4 rings (SSSR count). The van der Waals surface area contributed by atoms with Gasteiger partial charge in [-0.25, -0.2) is 9.78 Å². The highest BCUT2D eigenvalue weighted by molar-refractivity contribution is 6.15. The molecule has 0 radical (unpaired) electrons. The summed E-state index contributed by atoms with van der Waals surface area (Å²) in [5.41, 5.74) is 1.70. The van der Waals surface area contributed by atoms with Crippen molar-refractivity contribution in [2.45, 2.75) is 13.0 Å². The second kappa shape index (κ2) is 10.3. The summed E-state index contributed by atoms with van der Waals surface area (Å²) in [5, 5.41) is 14.2. The molecule has 0 saturated carbocycles. The van der Waals surface area contributed by atoms with E-state index in [4.69, 9.17) is 4.74 Å². The zero-order chi connectivity index (χ0) is 23.9. The second-order valence-electron chi connectivity index (χ2n) is 7.46. The summed E-state index contributed by atoms with van der Waals surface area (Å²) in [5.74, 6) is -0.150. The highest BCUT2D eigenvalue weighted by atomic mass is 16.5. The number of imidazole rings is 1. The molecule has 0 bridgehead atoms. The van der Waals surface area contributed by atoms with Gasteiger partial charge >= 0.3 is 5.97 Å². The number of esters is 1. The minimum absolute atomic E-state index is 0.0882. The summed E-state index contributed by atoms with van der Waals surface area (Å²) in [4.78, 5) is 30.1. The van der Waals surface area contributed by atoms with Gasteiger partial charge < -0.3 is 14.6 Å². The number of nitrogens with one attached hydrogen (secondary N) is 1. The van der Waals surface area contributed by atoms with Gasteiger partial charge in [0.05, 0.1) is 0 Å². The van der Waals surface area contributed by atoms with E-state index in [2.05, 4.69) is 25.8 Å². The van der Waals surface area contributed by atoms with Crippen molar-refractivity contribution in [1.29, 1.82) is 0 Å². The van der Waals surface area contributed by atoms with Gasteiger partial charge in [-0.3, -0.25) is 4.79 Å². The molecule has 2 aromatic carbocycles. The van der Waals surface area contributed by atoms with Gasteiger partial charge in [0.2, 0.25) is 0 Å². The minimum atomic E-state index is -0.734. The number of ether oxygens (including phenoxy) is 1. The molecule has 1 unspecified atom stereocenters. The van der Waals surface area contributed by atoms with Gasteiger partial charge in [0.1, 0.15) is 11.9 Å². The van der Waals surface area contributed by atoms with Crippen molar-refractivity contribution in [2.24, 2.45) is 7.05 Å². The van der Waals surface area contributed by atoms with E-state index in [0.717, 1.165) is 11.1 Å². The first kappa shape index (κ1) is 22.6. The highest BCUT2D eigenvalue weighted by Crippen LogP contribution is 2.20. The van der Waals surface area contributed by atoms with Crippen LogP contribution in [0.15, 0.2) is 73.1 Å². The molecule has 10 nitrogen and oxygen atoms in total. The molecule has 0 spiro atoms. The van der Waals surface area contributed by atoms with E-state index in [-0.39, 0.29) is 5.70 Å². The van der Waals surface area contributed by atoms with Crippen LogP contribution >= 0.6 is 0 Å². The summed E-state index contributed by atoms with van der Waals surface area (Å²) >= 11 is 0. The molecule has 0 fully saturated rings. The van der Waals surface area contributed by atoms with Crippen molar-refractivity contribution < 1.29 is 14.3 Å². The standard InChI is InChI=1S/C24H23N7O3/c1-17-27-28-29-31(17)20(15-18-9-5-3-6-10-18)24(33)34-16-21(32)26-22(19-11-7-4-8-12-19)23-25-13-14-30(23)2/h3-15,22H,16H2,1-2H3,(H,26,32)/b20-15-. The predicted molar refractivity (Wildman–Crippen MR) is 124 cm³/mol. The topological polar surface area (TPSA) is 117 Å². The van der Waals surface area contributed by atoms with Crippen LogP contribution in [0.2, 0.25) is 0 Å². The van der Waals surface area contributed by atoms with E-state index in [1.54, 1.807) is 25.4 Å². The first-order valence-corrected chi connectivity index (χ1v) is 10.5. The lowest BCUT2D eigenvalue weighted by Crippen LogP contribution is -2.34. The van der Waals surface area contributed by atoms with Crippen molar-refractivity contribution in [3.63, 3.8) is 0 Å². The Labute approximate surface area is 195 Å². The fourth-order valence-electron chi connectivity index (χ4n) is 3.37. The first-order chi connectivity index (χ1) is 16.5. The number of rotatable bonds is 8. The number of benzene rings is 2. The van der Waals surface area contributed by atoms with Gasteiger partial charge in [-0.15, -0.1) is 5.10 Å². The predicted octanol–water partition coefficient (Wildman–Crippen LogP) is 2.16. The van der Waals surface area contributed by atoms with Crippen LogP contribution in [0.3, 0.4) is 0 Å². The number of carbonyl (C=O) groups excluding carboxylic acids is 2. The number of carbonyl (C=O) groups is 2. The summed E-state index contributed by atoms with van der Waals surface area (Å²) < 4.78 is 8.43. The Morgan fingerprint density at radius 3 is 2.41 bits per heavy atom. The lowest BCUT2D eigenvalue weighted by Gasteiger charge is -2.19. The molecule has 0 aliphatic rings. The van der Waals surface area contributed by atoms with Crippen molar-refractivity contribution in [1.82, 2.24) is 35.1 Å². The third-order valence-corrected chi connectivity index (χ3v) is 5.05. The maximum atomic E-state index is 12.9. The molecule has 4 aromatic rings. The molecule has 1 amide bonds. The zero-order valence-corrected chi connectivity index (χ0v) is 18.7. The average molecular weight is 457 g/mol. The lowest BCUT2D eigenvalue weighted by molar-refractivity contribution is -0.143. The molecule has 0 aliphatic carbocycles. The molecule has 2 heterocycles. The van der Waals surface area contributed by atoms with Crippen molar-refractivity contribution in [2.75, 3.05) is 6.61 Å². The maximum absolute atomic E-state index is 12.9. The Hall–Kier alpha value is -4.60. The molecular formula is C24H23N7O3. The van der Waals surface area contributed by atoms with Crippen LogP contribution in [0.5, 0.6) is 0 Å². The Balaban J connectivity index is 1.50. The second-order valence-corrected chi connectivity index (χ2v) is 7.46. The van der Waals surface area contributed by atoms with Gasteiger partial charge in [-0.1, -0.05) is 60.7 Å². The normalized spacial score (nSPS) is 12.2. The Morgan fingerprint density at radius 1 is 1.09 bits per heavy atom. The summed E-state index contributed by atoms with van der Waals surface area (Å²) in [6, 6.07) is 18.2. The van der Waals surface area contributed by atoms with Gasteiger partial charge in [-0.05, 0) is 34.6 Å². The van der Waals surface area contributed by atoms with Gasteiger partial charge in [-0.2, -0.15) is 4.68 Å². The van der Waals surface area contributed by atoms with Gasteiger partial charge in [0.15, 0.2) is 18.1 Å². The van der Waals surface area contributed by atoms with Gasteiger partial charge in [0.25, 0.3) is 5.91 Å². The number of tetrazole rings is 1. The Morgan fingerprint density at radius 2 is 1.79 bits per heavy atom. The van der Waals surface area contributed by atoms with E-state index in [9.17, 15) is 9.59 Å². The minimum Gasteiger partial charge on any atom is -0.451 e. The number of aromatic nitrogens is 6. The van der Waals surface area contributed by atoms with Crippen LogP contribution in [0.1, 0.15) is 28.8 Å². The van der Waals surface area contributed by atoms with E-state index in [1.807, 2.05) is 72.3 Å². The largest absolute Gasteiger partial charge is 0.451 e. The van der Waals surface area contributed by atoms with Gasteiger partial charge in [0, 0.05) is 19.4 Å². The molecule has 1 atom stereocenters. The summed E-state index contributed by atoms with van der Waals surface area (Å²) in [7, 11) is 1.85. The molecule has 0 aliphatic heterocycles. The molecule has 1 N–H and O–H groups in total. The molecular weight excluding hydrogens is 434 g/mol. The Kier molecular flexibility index (Phi) is 6.87. The monoisotopic (exact) mass is 457 g/mol. The first-order valence-electron chi connectivity index (χ1n) is 10.5. The molecule has 172 valence electrons. The fraction of sp³-hybridized carbons (Fsp3) is 0.167. The van der Waals surface area contributed by atoms with Crippen LogP contribution in [0.4, 0.5) is 0 Å². The zero-order valence-electron chi connectivity index (χ0n) is 18.7. The molecule has 10 heteroatoms. The van der Waals surface area contributed by atoms with E-state index >= 15 is 0 Å². The molecule has 34 heavy (non-hydrogen) atoms. The molecule has 2 aromatic heterocycles. The maximum Gasteiger partial charge on any atom is 0.357 e. The fourth-order valence-corrected chi connectivity index (χ4v) is 3.37. The number of hydrogen-bond acceptors (Lipinski definition) is 7. The third-order valence-electron chi connectivity index (χ3n) is 5.05. The summed E-state index contributed by atoms with van der Waals surface area (Å²) in [6.07, 6.45) is 5.06. The van der Waals surface area contributed by atoms with Crippen LogP contribution in [0, 0.1) is 6.92 Å². The van der Waals surface area contributed by atoms with Crippen LogP contribution in [-0.2, 0) is 21.4 Å². The number of amides is 1. The number of aryl methyl sites for hydroxylation is 2. The quantitative estimate of drug-likeness (QED) is 0.318. The summed E-state index contributed by atoms with van der Waals surface area (Å²) in [6.45, 7) is 1.18. The van der Waals surface area contributed by atoms with E-state index < -0.39 is 24.5 Å². The lowest BCUT2D eigenvalue weighted by atomic mass is 10.1. The van der Waals surface area contributed by atoms with E-state index in [1.165, 1.54) is 4.68 Å². The molecule has 0 saturated heterocycles. The smallest absolute Gasteiger partial charge is 0.357 e. The van der Waals surface area contributed by atoms with Crippen molar-refractivity contribution in [3.8, 4) is 0 Å². The van der Waals surface area contributed by atoms with Crippen molar-refractivity contribution in [3.05, 3.63) is 95.8 Å². The number of nitrogens with zero attached hydrogens (tertiary/aromatic N) is 6. The third kappa shape index (κ3) is 5.23. The average Bonchev–Trinajstić information content (AvgIpc) is 3.48. The van der Waals surface area contributed by atoms with E-state index in [0.29, 0.717) is 11.6 Å².